The SMILES string of the molecule is CNC(=N)NCCCC[C@H](NC(=O)CNC(N)=O)C(C)=O. The van der Waals surface area contributed by atoms with Gasteiger partial charge < -0.3 is 27.0 Å². The number of nitrogens with two attached hydrogens (primary N) is 1. The summed E-state index contributed by atoms with van der Waals surface area (Å²) in [5.41, 5.74) is 4.85. The Labute approximate surface area is 123 Å². The van der Waals surface area contributed by atoms with Crippen molar-refractivity contribution in [2.45, 2.75) is 32.2 Å². The maximum atomic E-state index is 11.5. The zero-order valence-corrected chi connectivity index (χ0v) is 12.4. The Hall–Kier alpha value is -2.32. The van der Waals surface area contributed by atoms with Gasteiger partial charge in [-0.2, -0.15) is 0 Å². The van der Waals surface area contributed by atoms with Gasteiger partial charge in [-0.1, -0.05) is 0 Å². The molecule has 0 spiro atoms. The molecule has 0 saturated carbocycles. The third-order valence-electron chi connectivity index (χ3n) is 2.72. The lowest BCUT2D eigenvalue weighted by Gasteiger charge is -2.16. The zero-order valence-electron chi connectivity index (χ0n) is 12.4. The molecule has 0 saturated heterocycles. The highest BCUT2D eigenvalue weighted by molar-refractivity contribution is 5.89. The average Bonchev–Trinajstić information content (AvgIpc) is 2.42. The molecule has 0 heterocycles. The number of hydrogen-bond donors (Lipinski definition) is 6. The lowest BCUT2D eigenvalue weighted by atomic mass is 10.1. The predicted molar refractivity (Wildman–Crippen MR) is 78.8 cm³/mol. The molecule has 0 aromatic rings. The summed E-state index contributed by atoms with van der Waals surface area (Å²) in [6, 6.07) is -1.36. The minimum absolute atomic E-state index is 0.140. The molecule has 21 heavy (non-hydrogen) atoms. The van der Waals surface area contributed by atoms with Crippen LogP contribution in [-0.2, 0) is 9.59 Å². The normalized spacial score (nSPS) is 11.1. The van der Waals surface area contributed by atoms with Gasteiger partial charge in [-0.3, -0.25) is 15.0 Å². The molecule has 0 aromatic heterocycles. The van der Waals surface area contributed by atoms with Crippen LogP contribution < -0.4 is 27.0 Å². The van der Waals surface area contributed by atoms with E-state index in [1.807, 2.05) is 0 Å². The highest BCUT2D eigenvalue weighted by Crippen LogP contribution is 2.01. The quantitative estimate of drug-likeness (QED) is 0.177. The second-order valence-corrected chi connectivity index (χ2v) is 4.50. The molecule has 0 aliphatic heterocycles. The van der Waals surface area contributed by atoms with Crippen LogP contribution in [0.2, 0.25) is 0 Å². The van der Waals surface area contributed by atoms with Gasteiger partial charge in [0.15, 0.2) is 11.7 Å². The van der Waals surface area contributed by atoms with Crippen LogP contribution >= 0.6 is 0 Å². The number of rotatable bonds is 9. The lowest BCUT2D eigenvalue weighted by Crippen LogP contribution is -2.45. The molecule has 3 amide bonds. The van der Waals surface area contributed by atoms with E-state index in [0.29, 0.717) is 13.0 Å². The first-order valence-corrected chi connectivity index (χ1v) is 6.70. The lowest BCUT2D eigenvalue weighted by molar-refractivity contribution is -0.126. The molecule has 9 nitrogen and oxygen atoms in total. The number of nitrogens with one attached hydrogen (secondary N) is 5. The second kappa shape index (κ2) is 10.5. The number of carbonyl (C=O) groups excluding carboxylic acids is 3. The number of guanidine groups is 1. The molecule has 0 aliphatic carbocycles. The van der Waals surface area contributed by atoms with Crippen molar-refractivity contribution in [2.75, 3.05) is 20.1 Å². The number of urea groups is 1. The van der Waals surface area contributed by atoms with E-state index in [0.717, 1.165) is 12.8 Å². The van der Waals surface area contributed by atoms with Crippen LogP contribution in [-0.4, -0.2) is 49.9 Å². The molecular formula is C12H24N6O3. The largest absolute Gasteiger partial charge is 0.360 e. The van der Waals surface area contributed by atoms with E-state index in [1.165, 1.54) is 6.92 Å². The standard InChI is InChI=1S/C12H24N6O3/c1-8(19)9(18-10(20)7-17-12(14)21)5-3-4-6-16-11(13)15-2/h9H,3-7H2,1-2H3,(H,18,20)(H3,13,15,16)(H3,14,17,21)/t9-/m0/s1. The molecule has 0 radical (unpaired) electrons. The van der Waals surface area contributed by atoms with Gasteiger partial charge >= 0.3 is 6.03 Å². The van der Waals surface area contributed by atoms with Crippen LogP contribution in [0.4, 0.5) is 4.79 Å². The molecule has 9 heteroatoms. The van der Waals surface area contributed by atoms with E-state index < -0.39 is 18.0 Å². The van der Waals surface area contributed by atoms with Gasteiger partial charge in [0.2, 0.25) is 5.91 Å². The molecular weight excluding hydrogens is 276 g/mol. The van der Waals surface area contributed by atoms with Crippen molar-refractivity contribution < 1.29 is 14.4 Å². The molecule has 0 fully saturated rings. The number of ketones is 1. The van der Waals surface area contributed by atoms with Gasteiger partial charge in [0.05, 0.1) is 12.6 Å². The first-order valence-electron chi connectivity index (χ1n) is 6.70. The Kier molecular flexibility index (Phi) is 9.31. The van der Waals surface area contributed by atoms with Crippen molar-refractivity contribution in [3.8, 4) is 0 Å². The summed E-state index contributed by atoms with van der Waals surface area (Å²) in [5, 5.41) is 17.5. The number of hydrogen-bond acceptors (Lipinski definition) is 4. The highest BCUT2D eigenvalue weighted by Gasteiger charge is 2.16. The Morgan fingerprint density at radius 2 is 1.86 bits per heavy atom. The Morgan fingerprint density at radius 3 is 2.38 bits per heavy atom. The number of primary amides is 1. The third kappa shape index (κ3) is 10.2. The van der Waals surface area contributed by atoms with Crippen molar-refractivity contribution in [3.63, 3.8) is 0 Å². The monoisotopic (exact) mass is 300 g/mol. The topological polar surface area (TPSA) is 149 Å². The van der Waals surface area contributed by atoms with Gasteiger partial charge in [-0.25, -0.2) is 4.79 Å². The average molecular weight is 300 g/mol. The summed E-state index contributed by atoms with van der Waals surface area (Å²) in [7, 11) is 1.65. The van der Waals surface area contributed by atoms with Gasteiger partial charge in [-0.15, -0.1) is 0 Å². The molecule has 120 valence electrons. The number of carbonyl (C=O) groups is 3. The summed E-state index contributed by atoms with van der Waals surface area (Å²) in [4.78, 5) is 33.4. The number of Topliss-reactive ketones (excluding diaryl/α,β-unsaturated/α-hetero) is 1. The first-order chi connectivity index (χ1) is 9.86. The third-order valence-corrected chi connectivity index (χ3v) is 2.72. The number of unbranched alkanes of at least 4 members (excludes halogenated alkanes) is 1. The summed E-state index contributed by atoms with van der Waals surface area (Å²) in [6.45, 7) is 1.77. The minimum atomic E-state index is -0.789. The van der Waals surface area contributed by atoms with Gasteiger partial charge in [0.1, 0.15) is 0 Å². The van der Waals surface area contributed by atoms with Crippen molar-refractivity contribution >= 4 is 23.7 Å². The van der Waals surface area contributed by atoms with E-state index in [9.17, 15) is 14.4 Å². The van der Waals surface area contributed by atoms with Crippen LogP contribution in [0.1, 0.15) is 26.2 Å². The number of amides is 3. The summed E-state index contributed by atoms with van der Waals surface area (Å²) >= 11 is 0. The molecule has 0 bridgehead atoms. The minimum Gasteiger partial charge on any atom is -0.360 e. The fourth-order valence-corrected chi connectivity index (χ4v) is 1.57. The Balaban J connectivity index is 3.97. The molecule has 0 aromatic carbocycles. The fraction of sp³-hybridized carbons (Fsp3) is 0.667. The van der Waals surface area contributed by atoms with E-state index in [-0.39, 0.29) is 18.3 Å². The van der Waals surface area contributed by atoms with E-state index >= 15 is 0 Å². The molecule has 0 rings (SSSR count). The van der Waals surface area contributed by atoms with Crippen molar-refractivity contribution in [3.05, 3.63) is 0 Å². The molecule has 0 unspecified atom stereocenters. The summed E-state index contributed by atoms with van der Waals surface area (Å²) < 4.78 is 0. The van der Waals surface area contributed by atoms with Crippen molar-refractivity contribution in [1.82, 2.24) is 21.3 Å². The van der Waals surface area contributed by atoms with Crippen LogP contribution in [0, 0.1) is 5.41 Å². The van der Waals surface area contributed by atoms with Crippen LogP contribution in [0.15, 0.2) is 0 Å². The molecule has 1 atom stereocenters. The molecule has 0 aliphatic rings. The van der Waals surface area contributed by atoms with Crippen molar-refractivity contribution in [1.29, 1.82) is 5.41 Å². The highest BCUT2D eigenvalue weighted by atomic mass is 16.2. The van der Waals surface area contributed by atoms with E-state index in [2.05, 4.69) is 21.3 Å². The van der Waals surface area contributed by atoms with E-state index in [4.69, 9.17) is 11.1 Å². The summed E-state index contributed by atoms with van der Waals surface area (Å²) in [5.74, 6) is -0.355. The van der Waals surface area contributed by atoms with Crippen LogP contribution in [0.25, 0.3) is 0 Å². The predicted octanol–water partition coefficient (Wildman–Crippen LogP) is -1.36. The van der Waals surface area contributed by atoms with Crippen LogP contribution in [0.3, 0.4) is 0 Å². The zero-order chi connectivity index (χ0) is 16.3. The van der Waals surface area contributed by atoms with Gasteiger partial charge in [0, 0.05) is 13.6 Å². The Bertz CT molecular complexity index is 385. The maximum Gasteiger partial charge on any atom is 0.312 e. The molecule has 7 N–H and O–H groups in total. The Morgan fingerprint density at radius 1 is 1.19 bits per heavy atom. The van der Waals surface area contributed by atoms with Crippen molar-refractivity contribution in [2.24, 2.45) is 5.73 Å². The maximum absolute atomic E-state index is 11.5. The smallest absolute Gasteiger partial charge is 0.312 e. The van der Waals surface area contributed by atoms with E-state index in [1.54, 1.807) is 7.05 Å². The van der Waals surface area contributed by atoms with Gasteiger partial charge in [0.25, 0.3) is 0 Å². The van der Waals surface area contributed by atoms with Crippen LogP contribution in [0.5, 0.6) is 0 Å². The second-order valence-electron chi connectivity index (χ2n) is 4.50. The first kappa shape index (κ1) is 18.7. The van der Waals surface area contributed by atoms with Gasteiger partial charge in [-0.05, 0) is 26.2 Å². The fourth-order valence-electron chi connectivity index (χ4n) is 1.57. The summed E-state index contributed by atoms with van der Waals surface area (Å²) in [6.07, 6.45) is 1.99.